The van der Waals surface area contributed by atoms with Gasteiger partial charge in [0.15, 0.2) is 0 Å². The fourth-order valence-corrected chi connectivity index (χ4v) is 5.93. The third-order valence-electron chi connectivity index (χ3n) is 8.72. The van der Waals surface area contributed by atoms with Crippen LogP contribution >= 0.6 is 0 Å². The molecule has 0 radical (unpaired) electrons. The van der Waals surface area contributed by atoms with Crippen molar-refractivity contribution in [1.82, 2.24) is 0 Å². The Morgan fingerprint density at radius 3 is 0.641 bits per heavy atom. The number of quaternary nitrogens is 1. The lowest BCUT2D eigenvalue weighted by Crippen LogP contribution is -2.40. The Morgan fingerprint density at radius 1 is 0.308 bits per heavy atom. The van der Waals surface area contributed by atoms with Crippen molar-refractivity contribution < 1.29 is 10.0 Å². The van der Waals surface area contributed by atoms with Gasteiger partial charge in [-0.1, -0.05) is 194 Å². The van der Waals surface area contributed by atoms with Gasteiger partial charge in [-0.3, -0.25) is 0 Å². The van der Waals surface area contributed by atoms with Crippen LogP contribution in [0.1, 0.15) is 219 Å². The van der Waals surface area contributed by atoms with Crippen LogP contribution in [0.3, 0.4) is 0 Å². The summed E-state index contributed by atoms with van der Waals surface area (Å²) in [6, 6.07) is 0. The van der Waals surface area contributed by atoms with E-state index in [1.807, 2.05) is 0 Å². The number of nitrogens with zero attached hydrogens (tertiary/aromatic N) is 1. The van der Waals surface area contributed by atoms with E-state index in [0.29, 0.717) is 13.1 Å². The Kier molecular flexibility index (Phi) is 32.3. The zero-order valence-electron chi connectivity index (χ0n) is 27.3. The Labute approximate surface area is 247 Å². The van der Waals surface area contributed by atoms with Gasteiger partial charge >= 0.3 is 0 Å². The van der Waals surface area contributed by atoms with Gasteiger partial charge in [-0.05, 0) is 25.7 Å². The monoisotopic (exact) mass is 554 g/mol. The van der Waals surface area contributed by atoms with E-state index < -0.39 is 4.81 Å². The average Bonchev–Trinajstić information content (AvgIpc) is 2.92. The molecule has 0 aromatic rings. The molecule has 0 spiro atoms. The first-order valence-electron chi connectivity index (χ1n) is 18.4. The topological polar surface area (TPSA) is 43.3 Å². The van der Waals surface area contributed by atoms with Crippen LogP contribution in [0.25, 0.3) is 0 Å². The van der Waals surface area contributed by atoms with Gasteiger partial charge in [0.25, 0.3) is 0 Å². The summed E-state index contributed by atoms with van der Waals surface area (Å²) in [6.07, 6.45) is 42.7. The van der Waals surface area contributed by atoms with Crippen LogP contribution in [0.5, 0.6) is 0 Å². The van der Waals surface area contributed by atoms with Gasteiger partial charge in [-0.25, -0.2) is 10.0 Å². The van der Waals surface area contributed by atoms with Gasteiger partial charge in [-0.2, -0.15) is 0 Å². The van der Waals surface area contributed by atoms with Crippen LogP contribution in [-0.2, 0) is 0 Å². The van der Waals surface area contributed by atoms with Crippen molar-refractivity contribution in [3.8, 4) is 0 Å². The molecular formula is C36H75NO2. The Balaban J connectivity index is 3.26. The standard InChI is InChI=1S/C36H75NO2/c1-3-5-7-9-11-13-15-17-19-21-23-25-27-29-31-33-35-37(38,39)36-34-32-30-28-26-24-22-20-18-16-14-12-10-8-6-4-2/h38H,3-36H2,1-2H3. The van der Waals surface area contributed by atoms with Gasteiger partial charge in [0.05, 0.1) is 0 Å². The number of hydrogen-bond donors (Lipinski definition) is 1. The van der Waals surface area contributed by atoms with Gasteiger partial charge in [0.2, 0.25) is 0 Å². The third-order valence-corrected chi connectivity index (χ3v) is 8.72. The van der Waals surface area contributed by atoms with Crippen LogP contribution in [0.2, 0.25) is 0 Å². The van der Waals surface area contributed by atoms with Crippen LogP contribution in [0, 0.1) is 5.21 Å². The highest BCUT2D eigenvalue weighted by atomic mass is 16.8. The van der Waals surface area contributed by atoms with E-state index in [2.05, 4.69) is 13.8 Å². The zero-order chi connectivity index (χ0) is 28.5. The smallest absolute Gasteiger partial charge is 0.108 e. The molecule has 39 heavy (non-hydrogen) atoms. The molecule has 0 aromatic heterocycles. The second kappa shape index (κ2) is 32.4. The first kappa shape index (κ1) is 38.9. The highest BCUT2D eigenvalue weighted by Gasteiger charge is 2.12. The molecule has 0 aromatic carbocycles. The summed E-state index contributed by atoms with van der Waals surface area (Å²) in [7, 11) is 0. The molecule has 0 saturated carbocycles. The van der Waals surface area contributed by atoms with E-state index >= 15 is 0 Å². The van der Waals surface area contributed by atoms with Gasteiger partial charge in [0.1, 0.15) is 13.1 Å². The van der Waals surface area contributed by atoms with Crippen molar-refractivity contribution in [3.63, 3.8) is 0 Å². The highest BCUT2D eigenvalue weighted by molar-refractivity contribution is 4.52. The Hall–Kier alpha value is -0.120. The lowest BCUT2D eigenvalue weighted by Gasteiger charge is -2.33. The summed E-state index contributed by atoms with van der Waals surface area (Å²) >= 11 is 0. The predicted octanol–water partition coefficient (Wildman–Crippen LogP) is 13.2. The van der Waals surface area contributed by atoms with Crippen molar-refractivity contribution >= 4 is 0 Å². The normalized spacial score (nSPS) is 12.0. The molecule has 0 aliphatic rings. The number of hydroxylamine groups is 4. The quantitative estimate of drug-likeness (QED) is 0.0489. The molecule has 1 N–H and O–H groups in total. The molecule has 3 nitrogen and oxygen atoms in total. The van der Waals surface area contributed by atoms with Gasteiger partial charge < -0.3 is 5.21 Å². The molecule has 0 saturated heterocycles. The summed E-state index contributed by atoms with van der Waals surface area (Å²) in [4.78, 5) is -1.00. The molecule has 0 atom stereocenters. The van der Waals surface area contributed by atoms with E-state index in [1.165, 1.54) is 180 Å². The maximum absolute atomic E-state index is 12.3. The van der Waals surface area contributed by atoms with Gasteiger partial charge in [0, 0.05) is 0 Å². The van der Waals surface area contributed by atoms with Crippen LogP contribution in [0.4, 0.5) is 0 Å². The maximum atomic E-state index is 12.3. The molecule has 0 heterocycles. The minimum Gasteiger partial charge on any atom is -0.598 e. The van der Waals surface area contributed by atoms with E-state index in [4.69, 9.17) is 0 Å². The first-order chi connectivity index (χ1) is 19.1. The first-order valence-corrected chi connectivity index (χ1v) is 18.4. The number of hydrogen-bond acceptors (Lipinski definition) is 2. The van der Waals surface area contributed by atoms with E-state index in [-0.39, 0.29) is 0 Å². The lowest BCUT2D eigenvalue weighted by molar-refractivity contribution is -1.06. The van der Waals surface area contributed by atoms with Crippen molar-refractivity contribution in [3.05, 3.63) is 5.21 Å². The molecule has 0 aliphatic heterocycles. The molecule has 0 rings (SSSR count). The van der Waals surface area contributed by atoms with Crippen molar-refractivity contribution in [2.75, 3.05) is 13.1 Å². The van der Waals surface area contributed by atoms with Crippen LogP contribution in [-0.4, -0.2) is 23.1 Å². The number of rotatable bonds is 34. The highest BCUT2D eigenvalue weighted by Crippen LogP contribution is 2.16. The Bertz CT molecular complexity index is 402. The fourth-order valence-electron chi connectivity index (χ4n) is 5.93. The molecule has 0 aliphatic carbocycles. The maximum Gasteiger partial charge on any atom is 0.108 e. The third kappa shape index (κ3) is 34.0. The molecule has 0 amide bonds. The number of unbranched alkanes of at least 4 members (excludes halogenated alkanes) is 30. The molecule has 3 heteroatoms. The summed E-state index contributed by atoms with van der Waals surface area (Å²) in [5.74, 6) is 0. The zero-order valence-corrected chi connectivity index (χ0v) is 27.3. The minimum absolute atomic E-state index is 0.386. The van der Waals surface area contributed by atoms with Crippen LogP contribution in [0.15, 0.2) is 0 Å². The average molecular weight is 554 g/mol. The fraction of sp³-hybridized carbons (Fsp3) is 1.00. The molecule has 0 bridgehead atoms. The summed E-state index contributed by atoms with van der Waals surface area (Å²) < 4.78 is 0. The predicted molar refractivity (Wildman–Crippen MR) is 174 cm³/mol. The molecule has 236 valence electrons. The van der Waals surface area contributed by atoms with Gasteiger partial charge in [-0.15, -0.1) is 0 Å². The molecular weight excluding hydrogens is 478 g/mol. The van der Waals surface area contributed by atoms with Crippen molar-refractivity contribution in [2.24, 2.45) is 0 Å². The van der Waals surface area contributed by atoms with Crippen molar-refractivity contribution in [1.29, 1.82) is 0 Å². The minimum atomic E-state index is -1.00. The van der Waals surface area contributed by atoms with E-state index in [1.54, 1.807) is 0 Å². The largest absolute Gasteiger partial charge is 0.598 e. The second-order valence-corrected chi connectivity index (χ2v) is 12.9. The molecule has 0 fully saturated rings. The lowest BCUT2D eigenvalue weighted by atomic mass is 10.0. The summed E-state index contributed by atoms with van der Waals surface area (Å²) in [5.41, 5.74) is 0. The van der Waals surface area contributed by atoms with Crippen molar-refractivity contribution in [2.45, 2.75) is 219 Å². The van der Waals surface area contributed by atoms with E-state index in [9.17, 15) is 10.4 Å². The van der Waals surface area contributed by atoms with Crippen LogP contribution < -0.4 is 0 Å². The van der Waals surface area contributed by atoms with E-state index in [0.717, 1.165) is 25.7 Å². The SMILES string of the molecule is CCCCCCCCCCCCCCCCCC[N+]([O-])(O)CCCCCCCCCCCCCCCCCC. The Morgan fingerprint density at radius 2 is 0.462 bits per heavy atom. The molecule has 0 unspecified atom stereocenters. The summed E-state index contributed by atoms with van der Waals surface area (Å²) in [6.45, 7) is 5.34. The second-order valence-electron chi connectivity index (χ2n) is 12.9. The summed E-state index contributed by atoms with van der Waals surface area (Å²) in [5, 5.41) is 22.4.